The second-order valence-electron chi connectivity index (χ2n) is 10.9. The molecule has 0 spiro atoms. The fraction of sp³-hybridized carbons (Fsp3) is 0.135. The highest BCUT2D eigenvalue weighted by Crippen LogP contribution is 2.39. The first kappa shape index (κ1) is 27.7. The summed E-state index contributed by atoms with van der Waals surface area (Å²) >= 11 is -2.15. The monoisotopic (exact) mass is 571 g/mol. The average Bonchev–Trinajstić information content (AvgIpc) is 2.97. The molecule has 0 aromatic heterocycles. The molecular weight excluding hydrogens is 538 g/mol. The molecule has 0 saturated carbocycles. The molecule has 5 heteroatoms. The Morgan fingerprint density at radius 1 is 0.738 bits per heavy atom. The van der Waals surface area contributed by atoms with Crippen LogP contribution >= 0.6 is 0 Å². The predicted molar refractivity (Wildman–Crippen MR) is 173 cm³/mol. The molecule has 1 unspecified atom stereocenters. The van der Waals surface area contributed by atoms with Gasteiger partial charge < -0.3 is 14.6 Å². The molecule has 0 bridgehead atoms. The average molecular weight is 572 g/mol. The molecule has 1 aliphatic rings. The zero-order valence-electron chi connectivity index (χ0n) is 24.2. The molecule has 0 amide bonds. The molecule has 0 aliphatic carbocycles. The van der Waals surface area contributed by atoms with Gasteiger partial charge in [-0.2, -0.15) is 0 Å². The Kier molecular flexibility index (Phi) is 7.55. The molecule has 5 aromatic carbocycles. The number of nitrogens with one attached hydrogen (secondary N) is 1. The van der Waals surface area contributed by atoms with Crippen molar-refractivity contribution in [3.63, 3.8) is 0 Å². The first-order valence-electron chi connectivity index (χ1n) is 14.1. The van der Waals surface area contributed by atoms with E-state index >= 15 is 0 Å². The predicted octanol–water partition coefficient (Wildman–Crippen LogP) is 7.62. The third-order valence-electron chi connectivity index (χ3n) is 8.03. The summed E-state index contributed by atoms with van der Waals surface area (Å²) in [5.41, 5.74) is 10.7. The van der Waals surface area contributed by atoms with Gasteiger partial charge in [0, 0.05) is 39.4 Å². The van der Waals surface area contributed by atoms with Crippen molar-refractivity contribution in [1.29, 1.82) is 0 Å². The minimum Gasteiger partial charge on any atom is -0.456 e. The second kappa shape index (κ2) is 11.4. The molecule has 2 N–H and O–H groups in total. The standard InChI is InChI=1S/C37H33NO3S/c1-23-9-7-10-24(2)29(23)18-15-27-16-19-30-33(21-27)41-34-22-28(38-37-25(3)11-8-12-26(37)4)17-20-31(34)36(30)32-13-5-6-14-35(32)42(39)40/h5-17,19-22,38H,18H2,1-4H3,(H,39,40)/b27-15+. The molecule has 0 fully saturated rings. The zero-order valence-corrected chi connectivity index (χ0v) is 25.0. The van der Waals surface area contributed by atoms with Gasteiger partial charge >= 0.3 is 0 Å². The summed E-state index contributed by atoms with van der Waals surface area (Å²) < 4.78 is 29.2. The minimum absolute atomic E-state index is 0.370. The van der Waals surface area contributed by atoms with Crippen molar-refractivity contribution in [3.05, 3.63) is 146 Å². The van der Waals surface area contributed by atoms with Crippen LogP contribution in [0.3, 0.4) is 0 Å². The highest BCUT2D eigenvalue weighted by Gasteiger charge is 2.23. The topological polar surface area (TPSA) is 58.6 Å². The number of ether oxygens (including phenoxy) is 1. The number of rotatable bonds is 6. The summed E-state index contributed by atoms with van der Waals surface area (Å²) in [6.07, 6.45) is 3.05. The SMILES string of the molecule is Cc1cccc(C)c1C/C=c1\ccc2c(c1)Oc1cc(Nc3c(C)cccc3C)ccc1C=2c1ccccc1S(=O)O. The van der Waals surface area contributed by atoms with Crippen LogP contribution in [0.5, 0.6) is 11.5 Å². The molecule has 42 heavy (non-hydrogen) atoms. The Morgan fingerprint density at radius 3 is 2.14 bits per heavy atom. The van der Waals surface area contributed by atoms with Crippen molar-refractivity contribution in [2.45, 2.75) is 39.0 Å². The number of benzene rings is 5. The third kappa shape index (κ3) is 5.29. The first-order chi connectivity index (χ1) is 20.3. The summed E-state index contributed by atoms with van der Waals surface area (Å²) in [6.45, 7) is 8.48. The fourth-order valence-electron chi connectivity index (χ4n) is 5.77. The Morgan fingerprint density at radius 2 is 1.43 bits per heavy atom. The fourth-order valence-corrected chi connectivity index (χ4v) is 6.33. The summed E-state index contributed by atoms with van der Waals surface area (Å²) in [4.78, 5) is 0.370. The van der Waals surface area contributed by atoms with Crippen molar-refractivity contribution >= 4 is 34.1 Å². The van der Waals surface area contributed by atoms with E-state index in [1.54, 1.807) is 12.1 Å². The second-order valence-corrected chi connectivity index (χ2v) is 11.8. The van der Waals surface area contributed by atoms with E-state index in [0.29, 0.717) is 16.2 Å². The van der Waals surface area contributed by atoms with Gasteiger partial charge in [0.2, 0.25) is 0 Å². The molecule has 1 heterocycles. The van der Waals surface area contributed by atoms with Crippen molar-refractivity contribution in [1.82, 2.24) is 0 Å². The highest BCUT2D eigenvalue weighted by molar-refractivity contribution is 7.79. The van der Waals surface area contributed by atoms with Gasteiger partial charge in [0.1, 0.15) is 11.5 Å². The minimum atomic E-state index is -2.15. The number of hydrogen-bond acceptors (Lipinski definition) is 3. The molecule has 1 aliphatic heterocycles. The molecule has 6 rings (SSSR count). The van der Waals surface area contributed by atoms with Crippen LogP contribution in [0.4, 0.5) is 11.4 Å². The molecular formula is C37H33NO3S. The van der Waals surface area contributed by atoms with Crippen molar-refractivity contribution in [2.75, 3.05) is 5.32 Å². The smallest absolute Gasteiger partial charge is 0.187 e. The summed E-state index contributed by atoms with van der Waals surface area (Å²) in [6, 6.07) is 32.2. The van der Waals surface area contributed by atoms with E-state index in [4.69, 9.17) is 4.74 Å². The van der Waals surface area contributed by atoms with Crippen molar-refractivity contribution in [3.8, 4) is 11.5 Å². The lowest BCUT2D eigenvalue weighted by Gasteiger charge is -2.23. The Bertz CT molecular complexity index is 1950. The lowest BCUT2D eigenvalue weighted by Crippen LogP contribution is -2.20. The molecule has 5 aromatic rings. The maximum absolute atomic E-state index is 12.4. The number of aryl methyl sites for hydroxylation is 4. The van der Waals surface area contributed by atoms with Crippen molar-refractivity contribution < 1.29 is 13.5 Å². The molecule has 0 radical (unpaired) electrons. The van der Waals surface area contributed by atoms with Crippen molar-refractivity contribution in [2.24, 2.45) is 0 Å². The molecule has 0 saturated heterocycles. The van der Waals surface area contributed by atoms with Gasteiger partial charge in [0.05, 0.1) is 4.90 Å². The van der Waals surface area contributed by atoms with Crippen LogP contribution in [0.25, 0.3) is 11.6 Å². The van der Waals surface area contributed by atoms with Crippen LogP contribution < -0.4 is 20.5 Å². The Labute approximate surface area is 249 Å². The van der Waals surface area contributed by atoms with Gasteiger partial charge in [0.15, 0.2) is 11.1 Å². The largest absolute Gasteiger partial charge is 0.456 e. The quantitative estimate of drug-likeness (QED) is 0.202. The lowest BCUT2D eigenvalue weighted by atomic mass is 9.92. The number of hydrogen-bond donors (Lipinski definition) is 2. The molecule has 210 valence electrons. The van der Waals surface area contributed by atoms with E-state index in [0.717, 1.165) is 56.2 Å². The van der Waals surface area contributed by atoms with Crippen LogP contribution in [0.1, 0.15) is 38.9 Å². The normalized spacial score (nSPS) is 13.3. The van der Waals surface area contributed by atoms with E-state index in [9.17, 15) is 8.76 Å². The van der Waals surface area contributed by atoms with Gasteiger partial charge in [-0.25, -0.2) is 4.21 Å². The zero-order chi connectivity index (χ0) is 29.4. The molecule has 4 nitrogen and oxygen atoms in total. The maximum Gasteiger partial charge on any atom is 0.187 e. The number of fused-ring (bicyclic) bond motifs is 2. The van der Waals surface area contributed by atoms with Gasteiger partial charge in [-0.1, -0.05) is 66.7 Å². The van der Waals surface area contributed by atoms with E-state index < -0.39 is 11.1 Å². The van der Waals surface area contributed by atoms with E-state index in [2.05, 4.69) is 93.7 Å². The van der Waals surface area contributed by atoms with Gasteiger partial charge in [0.25, 0.3) is 0 Å². The number of anilines is 2. The van der Waals surface area contributed by atoms with Crippen LogP contribution in [-0.2, 0) is 17.5 Å². The first-order valence-corrected chi connectivity index (χ1v) is 15.2. The summed E-state index contributed by atoms with van der Waals surface area (Å²) in [5, 5.41) is 5.52. The lowest BCUT2D eigenvalue weighted by molar-refractivity contribution is 0.472. The van der Waals surface area contributed by atoms with Gasteiger partial charge in [-0.05, 0) is 97.5 Å². The van der Waals surface area contributed by atoms with Crippen LogP contribution in [0.15, 0.2) is 102 Å². The van der Waals surface area contributed by atoms with Gasteiger partial charge in [-0.15, -0.1) is 0 Å². The number of para-hydroxylation sites is 1. The highest BCUT2D eigenvalue weighted by atomic mass is 32.2. The van der Waals surface area contributed by atoms with E-state index in [1.807, 2.05) is 30.3 Å². The summed E-state index contributed by atoms with van der Waals surface area (Å²) in [5.74, 6) is 1.41. The third-order valence-corrected chi connectivity index (χ3v) is 8.76. The van der Waals surface area contributed by atoms with Crippen LogP contribution in [0, 0.1) is 27.7 Å². The molecule has 1 atom stereocenters. The maximum atomic E-state index is 12.4. The van der Waals surface area contributed by atoms with E-state index in [-0.39, 0.29) is 0 Å². The Balaban J connectivity index is 1.51. The van der Waals surface area contributed by atoms with Crippen LogP contribution in [0.2, 0.25) is 0 Å². The Hall–Kier alpha value is -4.45. The summed E-state index contributed by atoms with van der Waals surface area (Å²) in [7, 11) is 0. The van der Waals surface area contributed by atoms with Gasteiger partial charge in [-0.3, -0.25) is 0 Å². The van der Waals surface area contributed by atoms with Crippen LogP contribution in [-0.4, -0.2) is 8.76 Å². The van der Waals surface area contributed by atoms with E-state index in [1.165, 1.54) is 16.7 Å².